The van der Waals surface area contributed by atoms with E-state index in [1.54, 1.807) is 0 Å². The van der Waals surface area contributed by atoms with E-state index in [0.29, 0.717) is 0 Å². The topological polar surface area (TPSA) is 38.7 Å². The number of rotatable bonds is 4. The van der Waals surface area contributed by atoms with E-state index in [9.17, 15) is 0 Å². The van der Waals surface area contributed by atoms with E-state index in [2.05, 4.69) is 0 Å². The van der Waals surface area contributed by atoms with E-state index in [1.165, 1.54) is 0 Å². The molecule has 0 amide bonds. The summed E-state index contributed by atoms with van der Waals surface area (Å²) in [6.45, 7) is 7.58. The Morgan fingerprint density at radius 3 is 1.60 bits per heavy atom. The standard InChI is InChI=1S/C5H14O2Si.CH4O/c1-4-6-8(3)7-5-2;1-2/h8H,4-5H2,1-3H3;2H,1H3. The highest BCUT2D eigenvalue weighted by Gasteiger charge is 1.99. The van der Waals surface area contributed by atoms with E-state index >= 15 is 0 Å². The molecule has 0 radical (unpaired) electrons. The lowest BCUT2D eigenvalue weighted by atomic mass is 10.9. The molecular weight excluding hydrogens is 148 g/mol. The minimum atomic E-state index is -1.20. The smallest absolute Gasteiger partial charge is 0.318 e. The van der Waals surface area contributed by atoms with Crippen molar-refractivity contribution < 1.29 is 14.0 Å². The monoisotopic (exact) mass is 166 g/mol. The first kappa shape index (κ1) is 12.7. The van der Waals surface area contributed by atoms with Gasteiger partial charge in [-0.15, -0.1) is 0 Å². The molecule has 3 nitrogen and oxygen atoms in total. The molecule has 0 saturated carbocycles. The van der Waals surface area contributed by atoms with E-state index < -0.39 is 9.28 Å². The van der Waals surface area contributed by atoms with Gasteiger partial charge < -0.3 is 14.0 Å². The van der Waals surface area contributed by atoms with Crippen LogP contribution in [0.3, 0.4) is 0 Å². The van der Waals surface area contributed by atoms with Crippen LogP contribution in [0.5, 0.6) is 0 Å². The molecule has 0 rings (SSSR count). The Morgan fingerprint density at radius 1 is 1.10 bits per heavy atom. The summed E-state index contributed by atoms with van der Waals surface area (Å²) >= 11 is 0. The van der Waals surface area contributed by atoms with E-state index in [-0.39, 0.29) is 0 Å². The highest BCUT2D eigenvalue weighted by Crippen LogP contribution is 1.85. The summed E-state index contributed by atoms with van der Waals surface area (Å²) < 4.78 is 10.4. The quantitative estimate of drug-likeness (QED) is 0.619. The molecule has 0 unspecified atom stereocenters. The second-order valence-electron chi connectivity index (χ2n) is 1.48. The van der Waals surface area contributed by atoms with Crippen molar-refractivity contribution in [1.29, 1.82) is 0 Å². The predicted molar refractivity (Wildman–Crippen MR) is 44.4 cm³/mol. The molecule has 0 heterocycles. The average Bonchev–Trinajstić information content (AvgIpc) is 1.93. The van der Waals surface area contributed by atoms with Crippen LogP contribution in [0.2, 0.25) is 6.55 Å². The summed E-state index contributed by atoms with van der Waals surface area (Å²) in [4.78, 5) is 0. The van der Waals surface area contributed by atoms with Crippen LogP contribution >= 0.6 is 0 Å². The van der Waals surface area contributed by atoms with Gasteiger partial charge >= 0.3 is 9.28 Å². The molecule has 0 bridgehead atoms. The molecule has 0 spiro atoms. The Morgan fingerprint density at radius 2 is 1.40 bits per heavy atom. The molecule has 0 aliphatic rings. The van der Waals surface area contributed by atoms with Crippen LogP contribution in [0.1, 0.15) is 13.8 Å². The number of aliphatic hydroxyl groups excluding tert-OH is 1. The number of hydrogen-bond donors (Lipinski definition) is 1. The maximum atomic E-state index is 7.00. The van der Waals surface area contributed by atoms with E-state index in [0.717, 1.165) is 20.3 Å². The molecular formula is C6H18O3Si. The fraction of sp³-hybridized carbons (Fsp3) is 1.00. The van der Waals surface area contributed by atoms with Crippen LogP contribution in [0.4, 0.5) is 0 Å². The summed E-state index contributed by atoms with van der Waals surface area (Å²) in [5.41, 5.74) is 0. The molecule has 0 saturated heterocycles. The molecule has 0 aromatic rings. The number of hydrogen-bond acceptors (Lipinski definition) is 3. The van der Waals surface area contributed by atoms with Crippen LogP contribution < -0.4 is 0 Å². The second-order valence-corrected chi connectivity index (χ2v) is 3.28. The van der Waals surface area contributed by atoms with Gasteiger partial charge in [0.25, 0.3) is 0 Å². The normalized spacial score (nSPS) is 9.00. The molecule has 0 aromatic heterocycles. The second kappa shape index (κ2) is 11.8. The van der Waals surface area contributed by atoms with Crippen molar-refractivity contribution in [2.45, 2.75) is 20.4 Å². The zero-order valence-electron chi connectivity index (χ0n) is 7.26. The zero-order valence-corrected chi connectivity index (χ0v) is 8.41. The molecule has 0 atom stereocenters. The number of aliphatic hydroxyl groups is 1. The van der Waals surface area contributed by atoms with Gasteiger partial charge in [-0.25, -0.2) is 0 Å². The van der Waals surface area contributed by atoms with Crippen LogP contribution in [-0.4, -0.2) is 34.7 Å². The predicted octanol–water partition coefficient (Wildman–Crippen LogP) is 0.518. The lowest BCUT2D eigenvalue weighted by Crippen LogP contribution is -2.17. The Balaban J connectivity index is 0. The maximum Gasteiger partial charge on any atom is 0.318 e. The van der Waals surface area contributed by atoms with Crippen molar-refractivity contribution in [1.82, 2.24) is 0 Å². The van der Waals surface area contributed by atoms with Gasteiger partial charge in [0, 0.05) is 20.3 Å². The molecule has 64 valence electrons. The maximum absolute atomic E-state index is 7.00. The molecule has 0 aromatic carbocycles. The van der Waals surface area contributed by atoms with Crippen LogP contribution in [0, 0.1) is 0 Å². The first-order valence-corrected chi connectivity index (χ1v) is 5.59. The minimum Gasteiger partial charge on any atom is -0.400 e. The lowest BCUT2D eigenvalue weighted by Gasteiger charge is -2.07. The van der Waals surface area contributed by atoms with Crippen LogP contribution in [-0.2, 0) is 8.85 Å². The van der Waals surface area contributed by atoms with Gasteiger partial charge in [0.2, 0.25) is 0 Å². The van der Waals surface area contributed by atoms with E-state index in [1.807, 2.05) is 20.4 Å². The van der Waals surface area contributed by atoms with E-state index in [4.69, 9.17) is 14.0 Å². The first-order chi connectivity index (χ1) is 4.81. The van der Waals surface area contributed by atoms with Gasteiger partial charge in [-0.2, -0.15) is 0 Å². The molecule has 0 fully saturated rings. The summed E-state index contributed by atoms with van der Waals surface area (Å²) in [6, 6.07) is 0. The van der Waals surface area contributed by atoms with Gasteiger partial charge in [-0.3, -0.25) is 0 Å². The Bertz CT molecular complexity index is 46.3. The largest absolute Gasteiger partial charge is 0.400 e. The van der Waals surface area contributed by atoms with Crippen molar-refractivity contribution in [2.24, 2.45) is 0 Å². The molecule has 1 N–H and O–H groups in total. The fourth-order valence-electron chi connectivity index (χ4n) is 0.518. The third-order valence-corrected chi connectivity index (χ3v) is 2.41. The van der Waals surface area contributed by atoms with Gasteiger partial charge in [-0.05, 0) is 20.4 Å². The SMILES string of the molecule is CCO[SiH](C)OCC.CO. The van der Waals surface area contributed by atoms with Crippen molar-refractivity contribution >= 4 is 9.28 Å². The molecule has 0 aliphatic heterocycles. The molecule has 0 aliphatic carbocycles. The third kappa shape index (κ3) is 11.0. The van der Waals surface area contributed by atoms with Gasteiger partial charge in [-0.1, -0.05) is 0 Å². The summed E-state index contributed by atoms with van der Waals surface area (Å²) in [7, 11) is -0.202. The Kier molecular flexibility index (Phi) is 15.1. The first-order valence-electron chi connectivity index (χ1n) is 3.49. The molecule has 4 heteroatoms. The fourth-order valence-corrected chi connectivity index (χ4v) is 1.55. The van der Waals surface area contributed by atoms with Gasteiger partial charge in [0.15, 0.2) is 0 Å². The van der Waals surface area contributed by atoms with Crippen LogP contribution in [0.15, 0.2) is 0 Å². The Labute approximate surface area is 64.8 Å². The third-order valence-electron chi connectivity index (χ3n) is 0.803. The van der Waals surface area contributed by atoms with Crippen molar-refractivity contribution in [3.8, 4) is 0 Å². The summed E-state index contributed by atoms with van der Waals surface area (Å²) in [5.74, 6) is 0. The van der Waals surface area contributed by atoms with Crippen molar-refractivity contribution in [3.05, 3.63) is 0 Å². The van der Waals surface area contributed by atoms with Crippen molar-refractivity contribution in [2.75, 3.05) is 20.3 Å². The van der Waals surface area contributed by atoms with Gasteiger partial charge in [0.1, 0.15) is 0 Å². The highest BCUT2D eigenvalue weighted by atomic mass is 28.3. The zero-order chi connectivity index (χ0) is 8.41. The minimum absolute atomic E-state index is 0.785. The highest BCUT2D eigenvalue weighted by molar-refractivity contribution is 6.42. The summed E-state index contributed by atoms with van der Waals surface area (Å²) in [5, 5.41) is 7.00. The van der Waals surface area contributed by atoms with Gasteiger partial charge in [0.05, 0.1) is 0 Å². The van der Waals surface area contributed by atoms with Crippen molar-refractivity contribution in [3.63, 3.8) is 0 Å². The average molecular weight is 166 g/mol. The molecule has 10 heavy (non-hydrogen) atoms. The summed E-state index contributed by atoms with van der Waals surface area (Å²) in [6.07, 6.45) is 0. The lowest BCUT2D eigenvalue weighted by molar-refractivity contribution is 0.219. The van der Waals surface area contributed by atoms with Crippen LogP contribution in [0.25, 0.3) is 0 Å². The Hall–Kier alpha value is 0.0969.